The number of carbonyl (C=O) groups is 1. The molecule has 5 heteroatoms. The number of rotatable bonds is 3. The number of hydrogen-bond acceptors (Lipinski definition) is 2. The predicted octanol–water partition coefficient (Wildman–Crippen LogP) is 3.35. The molecule has 0 unspecified atom stereocenters. The summed E-state index contributed by atoms with van der Waals surface area (Å²) in [6, 6.07) is 4.30. The van der Waals surface area contributed by atoms with Crippen molar-refractivity contribution in [3.63, 3.8) is 0 Å². The quantitative estimate of drug-likeness (QED) is 0.891. The molecule has 0 bridgehead atoms. The van der Waals surface area contributed by atoms with Crippen molar-refractivity contribution in [1.29, 1.82) is 0 Å². The Morgan fingerprint density at radius 3 is 2.60 bits per heavy atom. The molecule has 1 aromatic carbocycles. The summed E-state index contributed by atoms with van der Waals surface area (Å²) in [5, 5.41) is 5.50. The van der Waals surface area contributed by atoms with Gasteiger partial charge in [-0.25, -0.2) is 9.18 Å². The maximum absolute atomic E-state index is 13.4. The molecule has 1 fully saturated rings. The average molecular weight is 279 g/mol. The SMILES string of the molecule is CC(C)NC(=O)Nc1cc(F)ccc1N1CCCCC1. The van der Waals surface area contributed by atoms with Gasteiger partial charge < -0.3 is 15.5 Å². The van der Waals surface area contributed by atoms with Gasteiger partial charge >= 0.3 is 6.03 Å². The van der Waals surface area contributed by atoms with Crippen molar-refractivity contribution in [2.75, 3.05) is 23.3 Å². The fourth-order valence-electron chi connectivity index (χ4n) is 2.44. The first-order chi connectivity index (χ1) is 9.56. The zero-order valence-corrected chi connectivity index (χ0v) is 12.1. The summed E-state index contributed by atoms with van der Waals surface area (Å²) in [6.45, 7) is 5.67. The van der Waals surface area contributed by atoms with E-state index in [0.717, 1.165) is 31.6 Å². The Hall–Kier alpha value is -1.78. The number of urea groups is 1. The number of carbonyl (C=O) groups excluding carboxylic acids is 1. The Morgan fingerprint density at radius 2 is 1.95 bits per heavy atom. The van der Waals surface area contributed by atoms with Gasteiger partial charge in [-0.05, 0) is 51.3 Å². The fraction of sp³-hybridized carbons (Fsp3) is 0.533. The van der Waals surface area contributed by atoms with Crippen molar-refractivity contribution >= 4 is 17.4 Å². The molecule has 110 valence electrons. The zero-order valence-electron chi connectivity index (χ0n) is 12.1. The Kier molecular flexibility index (Phi) is 4.82. The predicted molar refractivity (Wildman–Crippen MR) is 79.8 cm³/mol. The summed E-state index contributed by atoms with van der Waals surface area (Å²) in [4.78, 5) is 14.0. The van der Waals surface area contributed by atoms with E-state index in [1.54, 1.807) is 6.07 Å². The van der Waals surface area contributed by atoms with Crippen molar-refractivity contribution < 1.29 is 9.18 Å². The lowest BCUT2D eigenvalue weighted by atomic mass is 10.1. The molecule has 1 aliphatic heterocycles. The van der Waals surface area contributed by atoms with E-state index >= 15 is 0 Å². The van der Waals surface area contributed by atoms with Gasteiger partial charge in [-0.3, -0.25) is 0 Å². The molecule has 2 N–H and O–H groups in total. The smallest absolute Gasteiger partial charge is 0.319 e. The van der Waals surface area contributed by atoms with Crippen LogP contribution in [-0.2, 0) is 0 Å². The largest absolute Gasteiger partial charge is 0.370 e. The number of piperidine rings is 1. The van der Waals surface area contributed by atoms with E-state index in [1.807, 2.05) is 13.8 Å². The molecule has 1 heterocycles. The van der Waals surface area contributed by atoms with Crippen LogP contribution in [0, 0.1) is 5.82 Å². The summed E-state index contributed by atoms with van der Waals surface area (Å²) in [5.74, 6) is -0.342. The van der Waals surface area contributed by atoms with Crippen LogP contribution < -0.4 is 15.5 Å². The highest BCUT2D eigenvalue weighted by atomic mass is 19.1. The van der Waals surface area contributed by atoms with Gasteiger partial charge in [0.1, 0.15) is 5.82 Å². The minimum atomic E-state index is -0.342. The number of anilines is 2. The van der Waals surface area contributed by atoms with Crippen LogP contribution in [0.5, 0.6) is 0 Å². The number of benzene rings is 1. The van der Waals surface area contributed by atoms with E-state index < -0.39 is 0 Å². The molecular formula is C15H22FN3O. The van der Waals surface area contributed by atoms with Crippen LogP contribution in [0.25, 0.3) is 0 Å². The van der Waals surface area contributed by atoms with Gasteiger partial charge in [0.2, 0.25) is 0 Å². The molecular weight excluding hydrogens is 257 g/mol. The highest BCUT2D eigenvalue weighted by molar-refractivity contribution is 5.93. The average Bonchev–Trinajstić information content (AvgIpc) is 2.39. The second kappa shape index (κ2) is 6.59. The Morgan fingerprint density at radius 1 is 1.25 bits per heavy atom. The van der Waals surface area contributed by atoms with E-state index in [2.05, 4.69) is 15.5 Å². The van der Waals surface area contributed by atoms with Crippen LogP contribution in [0.4, 0.5) is 20.6 Å². The monoisotopic (exact) mass is 279 g/mol. The Bertz CT molecular complexity index is 470. The van der Waals surface area contributed by atoms with Crippen LogP contribution in [0.2, 0.25) is 0 Å². The lowest BCUT2D eigenvalue weighted by molar-refractivity contribution is 0.250. The Labute approximate surface area is 119 Å². The number of amides is 2. The van der Waals surface area contributed by atoms with Gasteiger partial charge in [0.15, 0.2) is 0 Å². The molecule has 2 rings (SSSR count). The molecule has 0 spiro atoms. The van der Waals surface area contributed by atoms with Crippen molar-refractivity contribution in [3.8, 4) is 0 Å². The first kappa shape index (κ1) is 14.6. The number of hydrogen-bond donors (Lipinski definition) is 2. The van der Waals surface area contributed by atoms with Crippen LogP contribution in [0.1, 0.15) is 33.1 Å². The van der Waals surface area contributed by atoms with E-state index in [0.29, 0.717) is 5.69 Å². The topological polar surface area (TPSA) is 44.4 Å². The van der Waals surface area contributed by atoms with E-state index in [-0.39, 0.29) is 17.9 Å². The summed E-state index contributed by atoms with van der Waals surface area (Å²) >= 11 is 0. The minimum absolute atomic E-state index is 0.0435. The van der Waals surface area contributed by atoms with Gasteiger partial charge in [0, 0.05) is 19.1 Å². The highest BCUT2D eigenvalue weighted by Gasteiger charge is 2.16. The second-order valence-electron chi connectivity index (χ2n) is 5.46. The van der Waals surface area contributed by atoms with Crippen LogP contribution >= 0.6 is 0 Å². The van der Waals surface area contributed by atoms with Crippen molar-refractivity contribution in [3.05, 3.63) is 24.0 Å². The third-order valence-electron chi connectivity index (χ3n) is 3.32. The lowest BCUT2D eigenvalue weighted by Crippen LogP contribution is -2.35. The second-order valence-corrected chi connectivity index (χ2v) is 5.46. The standard InChI is InChI=1S/C15H22FN3O/c1-11(2)17-15(20)18-13-10-12(16)6-7-14(13)19-8-4-3-5-9-19/h6-7,10-11H,3-5,8-9H2,1-2H3,(H2,17,18,20). The summed E-state index contributed by atoms with van der Waals surface area (Å²) in [5.41, 5.74) is 1.43. The number of halogens is 1. The van der Waals surface area contributed by atoms with Gasteiger partial charge in [0.25, 0.3) is 0 Å². The van der Waals surface area contributed by atoms with E-state index in [9.17, 15) is 9.18 Å². The van der Waals surface area contributed by atoms with E-state index in [1.165, 1.54) is 18.6 Å². The molecule has 2 amide bonds. The minimum Gasteiger partial charge on any atom is -0.370 e. The summed E-state index contributed by atoms with van der Waals surface area (Å²) < 4.78 is 13.4. The van der Waals surface area contributed by atoms with E-state index in [4.69, 9.17) is 0 Å². The lowest BCUT2D eigenvalue weighted by Gasteiger charge is -2.30. The first-order valence-electron chi connectivity index (χ1n) is 7.18. The molecule has 4 nitrogen and oxygen atoms in total. The molecule has 0 aliphatic carbocycles. The number of nitrogens with one attached hydrogen (secondary N) is 2. The van der Waals surface area contributed by atoms with Crippen molar-refractivity contribution in [2.45, 2.75) is 39.2 Å². The molecule has 0 saturated carbocycles. The normalized spacial score (nSPS) is 15.3. The zero-order chi connectivity index (χ0) is 14.5. The van der Waals surface area contributed by atoms with Crippen LogP contribution in [-0.4, -0.2) is 25.2 Å². The molecule has 1 aromatic rings. The maximum Gasteiger partial charge on any atom is 0.319 e. The van der Waals surface area contributed by atoms with Gasteiger partial charge in [-0.2, -0.15) is 0 Å². The van der Waals surface area contributed by atoms with Crippen LogP contribution in [0.3, 0.4) is 0 Å². The third kappa shape index (κ3) is 3.85. The Balaban J connectivity index is 2.16. The van der Waals surface area contributed by atoms with Gasteiger partial charge in [0.05, 0.1) is 11.4 Å². The molecule has 0 aromatic heterocycles. The molecule has 0 atom stereocenters. The van der Waals surface area contributed by atoms with Crippen molar-refractivity contribution in [2.24, 2.45) is 0 Å². The van der Waals surface area contributed by atoms with Gasteiger partial charge in [-0.1, -0.05) is 0 Å². The summed E-state index contributed by atoms with van der Waals surface area (Å²) in [7, 11) is 0. The van der Waals surface area contributed by atoms with Crippen LogP contribution in [0.15, 0.2) is 18.2 Å². The molecule has 1 saturated heterocycles. The summed E-state index contributed by atoms with van der Waals surface area (Å²) in [6.07, 6.45) is 3.50. The number of nitrogens with zero attached hydrogens (tertiary/aromatic N) is 1. The maximum atomic E-state index is 13.4. The van der Waals surface area contributed by atoms with Gasteiger partial charge in [-0.15, -0.1) is 0 Å². The van der Waals surface area contributed by atoms with Crippen molar-refractivity contribution in [1.82, 2.24) is 5.32 Å². The first-order valence-corrected chi connectivity index (χ1v) is 7.18. The fourth-order valence-corrected chi connectivity index (χ4v) is 2.44. The highest BCUT2D eigenvalue weighted by Crippen LogP contribution is 2.29. The molecule has 1 aliphatic rings. The molecule has 0 radical (unpaired) electrons. The third-order valence-corrected chi connectivity index (χ3v) is 3.32. The molecule has 20 heavy (non-hydrogen) atoms.